The predicted molar refractivity (Wildman–Crippen MR) is 120 cm³/mol. The van der Waals surface area contributed by atoms with Crippen LogP contribution in [0.3, 0.4) is 0 Å². The molecule has 0 radical (unpaired) electrons. The maximum absolute atomic E-state index is 13.1. The first-order valence-corrected chi connectivity index (χ1v) is 11.1. The van der Waals surface area contributed by atoms with Gasteiger partial charge in [0.1, 0.15) is 0 Å². The summed E-state index contributed by atoms with van der Waals surface area (Å²) < 4.78 is 81.4. The first-order chi connectivity index (χ1) is 15.1. The molecule has 32 heavy (non-hydrogen) atoms. The fourth-order valence-corrected chi connectivity index (χ4v) is 6.50. The summed E-state index contributed by atoms with van der Waals surface area (Å²) in [4.78, 5) is 0. The van der Waals surface area contributed by atoms with Crippen LogP contribution in [-0.4, -0.2) is 0 Å². The van der Waals surface area contributed by atoms with Crippen molar-refractivity contribution in [1.29, 1.82) is 0 Å². The van der Waals surface area contributed by atoms with Crippen molar-refractivity contribution in [3.05, 3.63) is 71.8 Å². The molecule has 0 unspecified atom stereocenters. The molecule has 2 heterocycles. The van der Waals surface area contributed by atoms with Gasteiger partial charge in [-0.1, -0.05) is 12.1 Å². The van der Waals surface area contributed by atoms with Gasteiger partial charge in [0.2, 0.25) is 0 Å². The molecule has 0 saturated carbocycles. The van der Waals surface area contributed by atoms with E-state index in [0.29, 0.717) is 9.40 Å². The highest BCUT2D eigenvalue weighted by atomic mass is 32.1. The van der Waals surface area contributed by atoms with E-state index in [4.69, 9.17) is 0 Å². The van der Waals surface area contributed by atoms with Gasteiger partial charge < -0.3 is 0 Å². The molecule has 0 N–H and O–H groups in total. The number of hydrogen-bond donors (Lipinski definition) is 0. The number of benzene rings is 4. The van der Waals surface area contributed by atoms with Gasteiger partial charge in [0.05, 0.1) is 11.1 Å². The Hall–Kier alpha value is -2.84. The lowest BCUT2D eigenvalue weighted by Crippen LogP contribution is -2.03. The number of fused-ring (bicyclic) bond motifs is 7. The van der Waals surface area contributed by atoms with E-state index in [0.717, 1.165) is 53.8 Å². The van der Waals surface area contributed by atoms with E-state index in [9.17, 15) is 26.3 Å². The molecule has 0 aliphatic rings. The minimum absolute atomic E-state index is 0.567. The number of halogens is 6. The molecule has 0 amide bonds. The van der Waals surface area contributed by atoms with Crippen molar-refractivity contribution in [2.24, 2.45) is 0 Å². The summed E-state index contributed by atoms with van der Waals surface area (Å²) in [7, 11) is 0. The first kappa shape index (κ1) is 19.8. The number of rotatable bonds is 0. The smallest absolute Gasteiger partial charge is 0.166 e. The van der Waals surface area contributed by atoms with E-state index in [-0.39, 0.29) is 0 Å². The molecule has 0 saturated heterocycles. The summed E-state index contributed by atoms with van der Waals surface area (Å²) >= 11 is 2.60. The Labute approximate surface area is 184 Å². The quantitative estimate of drug-likeness (QED) is 0.192. The van der Waals surface area contributed by atoms with Crippen LogP contribution in [0, 0.1) is 0 Å². The van der Waals surface area contributed by atoms with E-state index in [1.807, 2.05) is 24.3 Å². The van der Waals surface area contributed by atoms with E-state index < -0.39 is 23.5 Å². The van der Waals surface area contributed by atoms with Crippen molar-refractivity contribution in [1.82, 2.24) is 0 Å². The average molecular weight is 476 g/mol. The Morgan fingerprint density at radius 2 is 0.812 bits per heavy atom. The van der Waals surface area contributed by atoms with Gasteiger partial charge >= 0.3 is 12.4 Å². The molecule has 0 bridgehead atoms. The van der Waals surface area contributed by atoms with Crippen molar-refractivity contribution >= 4 is 73.8 Å². The van der Waals surface area contributed by atoms with E-state index in [1.54, 1.807) is 0 Å². The van der Waals surface area contributed by atoms with Crippen LogP contribution in [0.2, 0.25) is 0 Å². The number of hydrogen-bond acceptors (Lipinski definition) is 2. The van der Waals surface area contributed by atoms with Gasteiger partial charge in [-0.15, -0.1) is 22.7 Å². The SMILES string of the molecule is FC(F)(F)c1ccc2c(c1)sc1cc3cc4c(cc3cc12)sc1cc(C(F)(F)F)ccc14. The molecule has 6 rings (SSSR count). The third kappa shape index (κ3) is 2.97. The Morgan fingerprint density at radius 3 is 1.19 bits per heavy atom. The molecule has 0 spiro atoms. The number of alkyl halides is 6. The van der Waals surface area contributed by atoms with E-state index in [2.05, 4.69) is 0 Å². The summed E-state index contributed by atoms with van der Waals surface area (Å²) in [6, 6.07) is 15.3. The molecule has 2 aromatic heterocycles. The molecule has 0 aliphatic carbocycles. The third-order valence-corrected chi connectivity index (χ3v) is 7.91. The summed E-state index contributed by atoms with van der Waals surface area (Å²) in [6.07, 6.45) is -8.79. The summed E-state index contributed by atoms with van der Waals surface area (Å²) in [6.45, 7) is 0. The molecule has 160 valence electrons. The van der Waals surface area contributed by atoms with E-state index >= 15 is 0 Å². The lowest BCUT2D eigenvalue weighted by atomic mass is 10.0. The van der Waals surface area contributed by atoms with Gasteiger partial charge in [0.15, 0.2) is 0 Å². The third-order valence-electron chi connectivity index (χ3n) is 5.68. The second-order valence-corrected chi connectivity index (χ2v) is 9.83. The highest BCUT2D eigenvalue weighted by Crippen LogP contribution is 2.43. The highest BCUT2D eigenvalue weighted by molar-refractivity contribution is 7.26. The average Bonchev–Trinajstić information content (AvgIpc) is 3.25. The fourth-order valence-electron chi connectivity index (χ4n) is 4.15. The van der Waals surface area contributed by atoms with Crippen LogP contribution in [0.15, 0.2) is 60.7 Å². The topological polar surface area (TPSA) is 0 Å². The zero-order valence-electron chi connectivity index (χ0n) is 15.9. The zero-order chi connectivity index (χ0) is 22.4. The van der Waals surface area contributed by atoms with Crippen LogP contribution in [0.25, 0.3) is 51.1 Å². The molecule has 8 heteroatoms. The van der Waals surface area contributed by atoms with Crippen molar-refractivity contribution in [3.63, 3.8) is 0 Å². The predicted octanol–water partition coefficient (Wildman–Crippen LogP) is 9.61. The molecule has 4 aromatic carbocycles. The minimum atomic E-state index is -4.40. The summed E-state index contributed by atoms with van der Waals surface area (Å²) in [5.41, 5.74) is -1.35. The Balaban J connectivity index is 1.60. The van der Waals surface area contributed by atoms with Gasteiger partial charge in [0.25, 0.3) is 0 Å². The van der Waals surface area contributed by atoms with Gasteiger partial charge in [0, 0.05) is 40.3 Å². The normalized spacial score (nSPS) is 13.3. The van der Waals surface area contributed by atoms with Crippen LogP contribution in [0.5, 0.6) is 0 Å². The van der Waals surface area contributed by atoms with Gasteiger partial charge in [-0.2, -0.15) is 26.3 Å². The lowest BCUT2D eigenvalue weighted by Gasteiger charge is -2.06. The van der Waals surface area contributed by atoms with Crippen LogP contribution < -0.4 is 0 Å². The molecular formula is C24H10F6S2. The molecule has 0 atom stereocenters. The van der Waals surface area contributed by atoms with Crippen molar-refractivity contribution in [3.8, 4) is 0 Å². The second kappa shape index (κ2) is 6.36. The van der Waals surface area contributed by atoms with Gasteiger partial charge in [-0.05, 0) is 59.3 Å². The van der Waals surface area contributed by atoms with Crippen molar-refractivity contribution in [2.45, 2.75) is 12.4 Å². The van der Waals surface area contributed by atoms with Gasteiger partial charge in [-0.3, -0.25) is 0 Å². The molecule has 0 fully saturated rings. The lowest BCUT2D eigenvalue weighted by molar-refractivity contribution is -0.138. The second-order valence-electron chi connectivity index (χ2n) is 7.67. The molecule has 0 nitrogen and oxygen atoms in total. The van der Waals surface area contributed by atoms with Crippen LogP contribution in [0.4, 0.5) is 26.3 Å². The van der Waals surface area contributed by atoms with Crippen LogP contribution >= 0.6 is 22.7 Å². The van der Waals surface area contributed by atoms with Gasteiger partial charge in [-0.25, -0.2) is 0 Å². The monoisotopic (exact) mass is 476 g/mol. The standard InChI is InChI=1S/C24H10F6S2/c25-23(26,27)13-1-3-15-17-5-11-8-20-18(6-12(11)7-19(17)31-21(15)9-13)16-4-2-14(24(28,29)30)10-22(16)32-20/h1-10H. The summed E-state index contributed by atoms with van der Waals surface area (Å²) in [5.74, 6) is 0. The Kier molecular flexibility index (Phi) is 3.94. The largest absolute Gasteiger partial charge is 0.416 e. The maximum atomic E-state index is 13.1. The highest BCUT2D eigenvalue weighted by Gasteiger charge is 2.31. The van der Waals surface area contributed by atoms with E-state index in [1.165, 1.54) is 46.9 Å². The Bertz CT molecular complexity index is 1570. The molecule has 0 aliphatic heterocycles. The summed E-state index contributed by atoms with van der Waals surface area (Å²) in [5, 5.41) is 5.04. The minimum Gasteiger partial charge on any atom is -0.166 e. The first-order valence-electron chi connectivity index (χ1n) is 9.49. The van der Waals surface area contributed by atoms with Crippen LogP contribution in [-0.2, 0) is 12.4 Å². The zero-order valence-corrected chi connectivity index (χ0v) is 17.5. The fraction of sp³-hybridized carbons (Fsp3) is 0.0833. The molecular weight excluding hydrogens is 466 g/mol. The van der Waals surface area contributed by atoms with Crippen LogP contribution in [0.1, 0.15) is 11.1 Å². The number of thiophene rings is 2. The molecule has 6 aromatic rings. The maximum Gasteiger partial charge on any atom is 0.416 e. The Morgan fingerprint density at radius 1 is 0.438 bits per heavy atom. The van der Waals surface area contributed by atoms with Crippen molar-refractivity contribution < 1.29 is 26.3 Å². The van der Waals surface area contributed by atoms with Crippen molar-refractivity contribution in [2.75, 3.05) is 0 Å².